The Morgan fingerprint density at radius 2 is 2.35 bits per heavy atom. The van der Waals surface area contributed by atoms with Gasteiger partial charge in [-0.2, -0.15) is 11.8 Å². The van der Waals surface area contributed by atoms with Gasteiger partial charge in [-0.15, -0.1) is 0 Å². The second kappa shape index (κ2) is 6.41. The molecule has 1 atom stereocenters. The van der Waals surface area contributed by atoms with Gasteiger partial charge in [0.1, 0.15) is 5.82 Å². The monoisotopic (exact) mass is 295 g/mol. The van der Waals surface area contributed by atoms with Crippen LogP contribution in [0.1, 0.15) is 43.0 Å². The van der Waals surface area contributed by atoms with Crippen LogP contribution in [0, 0.1) is 0 Å². The van der Waals surface area contributed by atoms with Gasteiger partial charge in [0.05, 0.1) is 11.9 Å². The summed E-state index contributed by atoms with van der Waals surface area (Å²) in [5.41, 5.74) is 3.36. The number of nitrogens with one attached hydrogen (secondary N) is 1. The van der Waals surface area contributed by atoms with Gasteiger partial charge < -0.3 is 10.3 Å². The quantitative estimate of drug-likeness (QED) is 0.649. The zero-order valence-corrected chi connectivity index (χ0v) is 12.9. The van der Waals surface area contributed by atoms with Crippen LogP contribution in [0.2, 0.25) is 0 Å². The summed E-state index contributed by atoms with van der Waals surface area (Å²) in [5.74, 6) is 7.18. The highest BCUT2D eigenvalue weighted by atomic mass is 32.2. The van der Waals surface area contributed by atoms with Crippen molar-refractivity contribution in [3.63, 3.8) is 0 Å². The van der Waals surface area contributed by atoms with Gasteiger partial charge in [0.15, 0.2) is 5.69 Å². The fourth-order valence-electron chi connectivity index (χ4n) is 2.09. The molecule has 6 nitrogen and oxygen atoms in total. The number of hydrogen-bond acceptors (Lipinski definition) is 6. The Hall–Kier alpha value is -1.34. The van der Waals surface area contributed by atoms with E-state index in [2.05, 4.69) is 22.3 Å². The number of amides is 1. The van der Waals surface area contributed by atoms with Gasteiger partial charge in [-0.1, -0.05) is 20.8 Å². The van der Waals surface area contributed by atoms with Crippen LogP contribution in [0.5, 0.6) is 0 Å². The molecule has 1 aliphatic heterocycles. The predicted octanol–water partition coefficient (Wildman–Crippen LogP) is 1.46. The number of nitrogen functional groups attached to an aromatic ring is 1. The summed E-state index contributed by atoms with van der Waals surface area (Å²) in [5, 5.41) is 0.452. The van der Waals surface area contributed by atoms with Crippen molar-refractivity contribution in [2.45, 2.75) is 31.9 Å². The second-order valence-electron chi connectivity index (χ2n) is 5.22. The minimum atomic E-state index is -0.0746. The third kappa shape index (κ3) is 3.21. The van der Waals surface area contributed by atoms with Crippen LogP contribution in [0.15, 0.2) is 6.20 Å². The topological polar surface area (TPSA) is 84.1 Å². The first-order valence-electron chi connectivity index (χ1n) is 6.77. The lowest BCUT2D eigenvalue weighted by atomic mass is 10.2. The smallest absolute Gasteiger partial charge is 0.274 e. The van der Waals surface area contributed by atoms with E-state index in [9.17, 15) is 4.79 Å². The molecule has 1 saturated heterocycles. The van der Waals surface area contributed by atoms with Gasteiger partial charge in [0.25, 0.3) is 5.91 Å². The number of nitrogens with zero attached hydrogens (tertiary/aromatic N) is 3. The van der Waals surface area contributed by atoms with Gasteiger partial charge in [-0.25, -0.2) is 9.97 Å². The molecule has 0 aliphatic carbocycles. The molecule has 7 heteroatoms. The third-order valence-corrected chi connectivity index (χ3v) is 4.35. The number of aromatic nitrogens is 2. The van der Waals surface area contributed by atoms with Gasteiger partial charge in [0.2, 0.25) is 0 Å². The molecule has 0 spiro atoms. The van der Waals surface area contributed by atoms with E-state index in [0.29, 0.717) is 22.5 Å². The molecule has 1 aliphatic rings. The van der Waals surface area contributed by atoms with Crippen molar-refractivity contribution in [2.75, 3.05) is 24.3 Å². The first-order valence-corrected chi connectivity index (χ1v) is 7.82. The Bertz CT molecular complexity index is 494. The second-order valence-corrected chi connectivity index (χ2v) is 6.77. The number of hydrogen-bond donors (Lipinski definition) is 2. The van der Waals surface area contributed by atoms with Crippen molar-refractivity contribution in [2.24, 2.45) is 5.84 Å². The lowest BCUT2D eigenvalue weighted by Gasteiger charge is -2.30. The molecular weight excluding hydrogens is 274 g/mol. The Morgan fingerprint density at radius 1 is 1.60 bits per heavy atom. The highest BCUT2D eigenvalue weighted by Crippen LogP contribution is 2.22. The molecule has 1 unspecified atom stereocenters. The largest absolute Gasteiger partial charge is 0.335 e. The number of anilines is 1. The van der Waals surface area contributed by atoms with Crippen molar-refractivity contribution in [3.05, 3.63) is 17.7 Å². The molecule has 0 bridgehead atoms. The van der Waals surface area contributed by atoms with E-state index in [4.69, 9.17) is 5.84 Å². The number of rotatable bonds is 3. The highest BCUT2D eigenvalue weighted by Gasteiger charge is 2.26. The van der Waals surface area contributed by atoms with Crippen LogP contribution in [-0.4, -0.2) is 44.9 Å². The lowest BCUT2D eigenvalue weighted by Crippen LogP contribution is -2.41. The third-order valence-electron chi connectivity index (χ3n) is 3.21. The van der Waals surface area contributed by atoms with Gasteiger partial charge in [-0.05, 0) is 0 Å². The fourth-order valence-corrected chi connectivity index (χ4v) is 3.11. The predicted molar refractivity (Wildman–Crippen MR) is 81.8 cm³/mol. The Labute approximate surface area is 123 Å². The normalized spacial score (nSPS) is 19.2. The van der Waals surface area contributed by atoms with E-state index in [-0.39, 0.29) is 11.8 Å². The number of carbonyl (C=O) groups excluding carboxylic acids is 1. The summed E-state index contributed by atoms with van der Waals surface area (Å²) in [7, 11) is 0. The van der Waals surface area contributed by atoms with Crippen molar-refractivity contribution in [1.29, 1.82) is 0 Å². The molecule has 1 aromatic heterocycles. The zero-order valence-electron chi connectivity index (χ0n) is 12.1. The number of nitrogens with two attached hydrogens (primary N) is 1. The summed E-state index contributed by atoms with van der Waals surface area (Å²) in [6.07, 6.45) is 1.58. The molecule has 0 aromatic carbocycles. The highest BCUT2D eigenvalue weighted by molar-refractivity contribution is 7.99. The van der Waals surface area contributed by atoms with Crippen molar-refractivity contribution < 1.29 is 4.79 Å². The Morgan fingerprint density at radius 3 is 2.95 bits per heavy atom. The molecular formula is C13H21N5OS. The maximum atomic E-state index is 12.6. The zero-order chi connectivity index (χ0) is 14.7. The number of carbonyl (C=O) groups is 1. The average molecular weight is 295 g/mol. The minimum Gasteiger partial charge on any atom is -0.335 e. The SMILES string of the molecule is CC1CN(C(=O)c2nc(C(C)C)ncc2NN)CCS1. The molecule has 1 fully saturated rings. The van der Waals surface area contributed by atoms with Gasteiger partial charge in [0, 0.05) is 30.0 Å². The summed E-state index contributed by atoms with van der Waals surface area (Å²) < 4.78 is 0. The average Bonchev–Trinajstić information content (AvgIpc) is 2.45. The van der Waals surface area contributed by atoms with Crippen LogP contribution in [0.4, 0.5) is 5.69 Å². The molecule has 2 heterocycles. The van der Waals surface area contributed by atoms with Crippen LogP contribution < -0.4 is 11.3 Å². The van der Waals surface area contributed by atoms with E-state index in [1.54, 1.807) is 6.20 Å². The van der Waals surface area contributed by atoms with Crippen LogP contribution in [-0.2, 0) is 0 Å². The molecule has 2 rings (SSSR count). The molecule has 0 saturated carbocycles. The summed E-state index contributed by atoms with van der Waals surface area (Å²) in [6.45, 7) is 7.62. The van der Waals surface area contributed by atoms with E-state index < -0.39 is 0 Å². The van der Waals surface area contributed by atoms with Gasteiger partial charge in [-0.3, -0.25) is 10.6 Å². The molecule has 20 heavy (non-hydrogen) atoms. The lowest BCUT2D eigenvalue weighted by molar-refractivity contribution is 0.0757. The Balaban J connectivity index is 2.29. The number of hydrazine groups is 1. The minimum absolute atomic E-state index is 0.0746. The molecule has 110 valence electrons. The first-order chi connectivity index (χ1) is 9.52. The van der Waals surface area contributed by atoms with E-state index in [1.165, 1.54) is 0 Å². The van der Waals surface area contributed by atoms with Crippen molar-refractivity contribution in [1.82, 2.24) is 14.9 Å². The summed E-state index contributed by atoms with van der Waals surface area (Å²) in [4.78, 5) is 23.1. The van der Waals surface area contributed by atoms with Crippen LogP contribution >= 0.6 is 11.8 Å². The fraction of sp³-hybridized carbons (Fsp3) is 0.615. The molecule has 1 amide bonds. The van der Waals surface area contributed by atoms with Crippen LogP contribution in [0.3, 0.4) is 0 Å². The van der Waals surface area contributed by atoms with E-state index in [1.807, 2.05) is 30.5 Å². The molecule has 3 N–H and O–H groups in total. The summed E-state index contributed by atoms with van der Waals surface area (Å²) in [6, 6.07) is 0. The maximum Gasteiger partial charge on any atom is 0.274 e. The maximum absolute atomic E-state index is 12.6. The molecule has 1 aromatic rings. The molecule has 0 radical (unpaired) electrons. The Kier molecular flexibility index (Phi) is 4.82. The first kappa shape index (κ1) is 15.1. The number of thioether (sulfide) groups is 1. The van der Waals surface area contributed by atoms with Gasteiger partial charge >= 0.3 is 0 Å². The van der Waals surface area contributed by atoms with Crippen molar-refractivity contribution in [3.8, 4) is 0 Å². The summed E-state index contributed by atoms with van der Waals surface area (Å²) >= 11 is 1.89. The van der Waals surface area contributed by atoms with Crippen LogP contribution in [0.25, 0.3) is 0 Å². The van der Waals surface area contributed by atoms with E-state index in [0.717, 1.165) is 18.8 Å². The van der Waals surface area contributed by atoms with Crippen molar-refractivity contribution >= 4 is 23.4 Å². The van der Waals surface area contributed by atoms with E-state index >= 15 is 0 Å². The standard InChI is InChI=1S/C13H21N5OS/c1-8(2)12-15-6-10(17-14)11(16-12)13(19)18-4-5-20-9(3)7-18/h6,8-9,17H,4-5,7,14H2,1-3H3.